The Bertz CT molecular complexity index is 1280. The summed E-state index contributed by atoms with van der Waals surface area (Å²) in [6, 6.07) is 19.9. The average Bonchev–Trinajstić information content (AvgIpc) is 2.95. The number of carboxylic acid groups (broad SMARTS) is 2. The SMILES string of the molecule is O=C(O)CCCN1CC(C(=O)O)Oc2c(CCc3ccc(OCCCCOc4ccccc4F)cc3)cccc21. The van der Waals surface area contributed by atoms with E-state index in [-0.39, 0.29) is 24.5 Å². The standard InChI is InChI=1S/C31H34FNO7/c32-25-8-1-2-10-27(25)39-20-4-3-19-38-24-16-13-22(14-17-24)12-15-23-7-5-9-26-30(23)40-28(31(36)37)21-33(26)18-6-11-29(34)35/h1-2,5,7-10,13-14,16-17,28H,3-4,6,11-12,15,18-21H2,(H,34,35)(H,36,37). The van der Waals surface area contributed by atoms with Crippen molar-refractivity contribution in [2.24, 2.45) is 0 Å². The lowest BCUT2D eigenvalue weighted by atomic mass is 10.0. The molecule has 0 spiro atoms. The predicted octanol–water partition coefficient (Wildman–Crippen LogP) is 5.37. The zero-order chi connectivity index (χ0) is 28.3. The molecule has 0 aliphatic carbocycles. The second-order valence-corrected chi connectivity index (χ2v) is 9.63. The quantitative estimate of drug-likeness (QED) is 0.243. The van der Waals surface area contributed by atoms with E-state index >= 15 is 0 Å². The van der Waals surface area contributed by atoms with Gasteiger partial charge in [-0.05, 0) is 73.6 Å². The van der Waals surface area contributed by atoms with Crippen molar-refractivity contribution in [2.45, 2.75) is 44.6 Å². The van der Waals surface area contributed by atoms with Gasteiger partial charge in [0.2, 0.25) is 6.10 Å². The van der Waals surface area contributed by atoms with Gasteiger partial charge in [0, 0.05) is 13.0 Å². The third-order valence-corrected chi connectivity index (χ3v) is 6.66. The molecule has 40 heavy (non-hydrogen) atoms. The Hall–Kier alpha value is -4.27. The van der Waals surface area contributed by atoms with Crippen LogP contribution in [0, 0.1) is 5.82 Å². The van der Waals surface area contributed by atoms with E-state index in [1.807, 2.05) is 47.4 Å². The van der Waals surface area contributed by atoms with Gasteiger partial charge in [-0.25, -0.2) is 9.18 Å². The largest absolute Gasteiger partial charge is 0.494 e. The number of unbranched alkanes of at least 4 members (excludes halogenated alkanes) is 1. The zero-order valence-electron chi connectivity index (χ0n) is 22.3. The van der Waals surface area contributed by atoms with Crippen molar-refractivity contribution in [3.8, 4) is 17.2 Å². The predicted molar refractivity (Wildman–Crippen MR) is 148 cm³/mol. The second kappa shape index (κ2) is 14.2. The smallest absolute Gasteiger partial charge is 0.346 e. The van der Waals surface area contributed by atoms with Gasteiger partial charge in [0.1, 0.15) is 11.5 Å². The minimum atomic E-state index is -1.04. The van der Waals surface area contributed by atoms with Gasteiger partial charge in [0.15, 0.2) is 11.6 Å². The normalized spacial score (nSPS) is 14.2. The molecule has 0 saturated heterocycles. The lowest BCUT2D eigenvalue weighted by Gasteiger charge is -2.35. The lowest BCUT2D eigenvalue weighted by molar-refractivity contribution is -0.145. The zero-order valence-corrected chi connectivity index (χ0v) is 22.3. The molecule has 1 heterocycles. The maximum Gasteiger partial charge on any atom is 0.346 e. The summed E-state index contributed by atoms with van der Waals surface area (Å²) in [5.74, 6) is -0.707. The van der Waals surface area contributed by atoms with E-state index in [1.165, 1.54) is 6.07 Å². The van der Waals surface area contributed by atoms with Crippen molar-refractivity contribution in [1.29, 1.82) is 0 Å². The highest BCUT2D eigenvalue weighted by atomic mass is 19.1. The first-order valence-corrected chi connectivity index (χ1v) is 13.5. The van der Waals surface area contributed by atoms with Gasteiger partial charge >= 0.3 is 11.9 Å². The molecule has 0 aromatic heterocycles. The molecule has 8 nitrogen and oxygen atoms in total. The highest BCUT2D eigenvalue weighted by molar-refractivity contribution is 5.77. The van der Waals surface area contributed by atoms with Crippen LogP contribution < -0.4 is 19.1 Å². The molecule has 0 saturated carbocycles. The first-order valence-electron chi connectivity index (χ1n) is 13.5. The number of benzene rings is 3. The Labute approximate surface area is 232 Å². The Morgan fingerprint density at radius 3 is 2.38 bits per heavy atom. The van der Waals surface area contributed by atoms with Crippen LogP contribution in [0.3, 0.4) is 0 Å². The van der Waals surface area contributed by atoms with Crippen molar-refractivity contribution < 1.29 is 38.4 Å². The van der Waals surface area contributed by atoms with Gasteiger partial charge in [0.25, 0.3) is 0 Å². The third kappa shape index (κ3) is 8.11. The Morgan fingerprint density at radius 1 is 0.900 bits per heavy atom. The molecule has 212 valence electrons. The topological polar surface area (TPSA) is 106 Å². The maximum absolute atomic E-state index is 13.6. The maximum atomic E-state index is 13.6. The van der Waals surface area contributed by atoms with Crippen molar-refractivity contribution in [1.82, 2.24) is 0 Å². The molecular formula is C31H34FNO7. The van der Waals surface area contributed by atoms with Gasteiger partial charge < -0.3 is 29.3 Å². The van der Waals surface area contributed by atoms with Crippen LogP contribution in [0.5, 0.6) is 17.2 Å². The van der Waals surface area contributed by atoms with Crippen LogP contribution in [0.25, 0.3) is 0 Å². The summed E-state index contributed by atoms with van der Waals surface area (Å²) in [5, 5.41) is 18.6. The molecule has 3 aromatic rings. The number of aliphatic carboxylic acids is 2. The summed E-state index contributed by atoms with van der Waals surface area (Å²) in [6.07, 6.45) is 2.33. The molecule has 1 aliphatic heterocycles. The summed E-state index contributed by atoms with van der Waals surface area (Å²) < 4.78 is 30.7. The summed E-state index contributed by atoms with van der Waals surface area (Å²) in [6.45, 7) is 1.56. The van der Waals surface area contributed by atoms with Crippen LogP contribution in [-0.4, -0.2) is 54.6 Å². The van der Waals surface area contributed by atoms with Crippen molar-refractivity contribution in [3.05, 3.63) is 83.7 Å². The highest BCUT2D eigenvalue weighted by Gasteiger charge is 2.31. The molecule has 2 N–H and O–H groups in total. The molecule has 4 rings (SSSR count). The van der Waals surface area contributed by atoms with Crippen LogP contribution in [0.15, 0.2) is 66.7 Å². The summed E-state index contributed by atoms with van der Waals surface area (Å²) in [7, 11) is 0. The number of ether oxygens (including phenoxy) is 3. The fourth-order valence-electron chi connectivity index (χ4n) is 4.56. The number of hydrogen-bond acceptors (Lipinski definition) is 6. The van der Waals surface area contributed by atoms with Crippen LogP contribution in [0.4, 0.5) is 10.1 Å². The Balaban J connectivity index is 1.26. The van der Waals surface area contributed by atoms with Crippen LogP contribution >= 0.6 is 0 Å². The number of fused-ring (bicyclic) bond motifs is 1. The molecule has 1 unspecified atom stereocenters. The number of halogens is 1. The molecular weight excluding hydrogens is 517 g/mol. The van der Waals surface area contributed by atoms with Gasteiger partial charge in [-0.2, -0.15) is 0 Å². The molecule has 1 atom stereocenters. The molecule has 3 aromatic carbocycles. The molecule has 1 aliphatic rings. The monoisotopic (exact) mass is 551 g/mol. The average molecular weight is 552 g/mol. The van der Waals surface area contributed by atoms with Crippen molar-refractivity contribution >= 4 is 17.6 Å². The number of carbonyl (C=O) groups is 2. The van der Waals surface area contributed by atoms with Crippen LogP contribution in [-0.2, 0) is 22.4 Å². The number of hydrogen-bond donors (Lipinski definition) is 2. The van der Waals surface area contributed by atoms with Crippen LogP contribution in [0.2, 0.25) is 0 Å². The van der Waals surface area contributed by atoms with E-state index in [1.54, 1.807) is 18.2 Å². The summed E-state index contributed by atoms with van der Waals surface area (Å²) in [5.41, 5.74) is 2.81. The summed E-state index contributed by atoms with van der Waals surface area (Å²) in [4.78, 5) is 24.6. The fraction of sp³-hybridized carbons (Fsp3) is 0.355. The minimum absolute atomic E-state index is 0.0216. The van der Waals surface area contributed by atoms with Gasteiger partial charge in [0.05, 0.1) is 25.4 Å². The number of nitrogens with zero attached hydrogens (tertiary/aromatic N) is 1. The summed E-state index contributed by atoms with van der Waals surface area (Å²) >= 11 is 0. The Morgan fingerprint density at radius 2 is 1.65 bits per heavy atom. The van der Waals surface area contributed by atoms with Crippen molar-refractivity contribution in [2.75, 3.05) is 31.2 Å². The lowest BCUT2D eigenvalue weighted by Crippen LogP contribution is -2.45. The van der Waals surface area contributed by atoms with Crippen molar-refractivity contribution in [3.63, 3.8) is 0 Å². The number of para-hydroxylation sites is 2. The van der Waals surface area contributed by atoms with E-state index in [0.717, 1.165) is 41.8 Å². The van der Waals surface area contributed by atoms with Gasteiger partial charge in [-0.3, -0.25) is 4.79 Å². The van der Waals surface area contributed by atoms with E-state index in [9.17, 15) is 19.1 Å². The van der Waals surface area contributed by atoms with Crippen LogP contribution in [0.1, 0.15) is 36.8 Å². The highest BCUT2D eigenvalue weighted by Crippen LogP contribution is 2.37. The minimum Gasteiger partial charge on any atom is -0.494 e. The van der Waals surface area contributed by atoms with E-state index in [4.69, 9.17) is 19.3 Å². The number of carboxylic acids is 2. The first kappa shape index (κ1) is 28.7. The number of aryl methyl sites for hydroxylation is 2. The van der Waals surface area contributed by atoms with E-state index in [0.29, 0.717) is 38.3 Å². The second-order valence-electron chi connectivity index (χ2n) is 9.63. The van der Waals surface area contributed by atoms with E-state index < -0.39 is 18.0 Å². The van der Waals surface area contributed by atoms with Gasteiger partial charge in [-0.1, -0.05) is 36.4 Å². The molecule has 0 bridgehead atoms. The molecule has 9 heteroatoms. The van der Waals surface area contributed by atoms with E-state index in [2.05, 4.69) is 0 Å². The fourth-order valence-corrected chi connectivity index (χ4v) is 4.56. The molecule has 0 amide bonds. The van der Waals surface area contributed by atoms with Gasteiger partial charge in [-0.15, -0.1) is 0 Å². The third-order valence-electron chi connectivity index (χ3n) is 6.66. The number of anilines is 1. The molecule has 0 fully saturated rings. The first-order chi connectivity index (χ1) is 19.4. The molecule has 0 radical (unpaired) electrons. The Kier molecular flexibility index (Phi) is 10.2. The number of rotatable bonds is 15.